The van der Waals surface area contributed by atoms with Crippen LogP contribution in [0.2, 0.25) is 0 Å². The third-order valence-corrected chi connectivity index (χ3v) is 6.94. The van der Waals surface area contributed by atoms with Crippen LogP contribution in [0, 0.1) is 11.3 Å². The molecule has 2 aliphatic heterocycles. The molecule has 7 heteroatoms. The molecule has 0 aromatic heterocycles. The topological polar surface area (TPSA) is 89.6 Å². The highest BCUT2D eigenvalue weighted by Crippen LogP contribution is 2.40. The second-order valence-electron chi connectivity index (χ2n) is 9.75. The number of ether oxygens (including phenoxy) is 1. The molecule has 1 aromatic rings. The number of hydrazine groups is 1. The Hall–Kier alpha value is -2.09. The van der Waals surface area contributed by atoms with E-state index in [1.165, 1.54) is 19.4 Å². The van der Waals surface area contributed by atoms with Gasteiger partial charge in [-0.05, 0) is 69.7 Å². The van der Waals surface area contributed by atoms with Crippen LogP contribution in [0.3, 0.4) is 0 Å². The quantitative estimate of drug-likeness (QED) is 0.407. The molecule has 0 radical (unpaired) electrons. The molecular formula is C23H34N6O. The lowest BCUT2D eigenvalue weighted by Crippen LogP contribution is -2.57. The van der Waals surface area contributed by atoms with E-state index in [1.807, 2.05) is 18.2 Å². The predicted octanol–water partition coefficient (Wildman–Crippen LogP) is 2.30. The number of hydrogen-bond donors (Lipinski definition) is 4. The van der Waals surface area contributed by atoms with Gasteiger partial charge >= 0.3 is 0 Å². The normalized spacial score (nSPS) is 28.7. The number of nitrogens with one attached hydrogen (secondary N) is 3. The maximum Gasteiger partial charge on any atom is 0.120 e. The maximum atomic E-state index is 8.74. The monoisotopic (exact) mass is 410 g/mol. The van der Waals surface area contributed by atoms with Gasteiger partial charge in [-0.2, -0.15) is 0 Å². The van der Waals surface area contributed by atoms with Crippen molar-refractivity contribution in [2.75, 3.05) is 31.9 Å². The van der Waals surface area contributed by atoms with Crippen LogP contribution in [0.1, 0.15) is 45.1 Å². The molecule has 0 amide bonds. The summed E-state index contributed by atoms with van der Waals surface area (Å²) < 4.78 is 6.07. The lowest BCUT2D eigenvalue weighted by Gasteiger charge is -2.41. The van der Waals surface area contributed by atoms with Gasteiger partial charge < -0.3 is 15.9 Å². The van der Waals surface area contributed by atoms with Crippen molar-refractivity contribution in [2.45, 2.75) is 57.3 Å². The fourth-order valence-corrected chi connectivity index (χ4v) is 4.44. The second kappa shape index (κ2) is 7.55. The van der Waals surface area contributed by atoms with Gasteiger partial charge in [0, 0.05) is 43.5 Å². The van der Waals surface area contributed by atoms with Crippen LogP contribution >= 0.6 is 0 Å². The Morgan fingerprint density at radius 3 is 2.80 bits per heavy atom. The number of anilines is 1. The van der Waals surface area contributed by atoms with Crippen LogP contribution in [-0.2, 0) is 0 Å². The summed E-state index contributed by atoms with van der Waals surface area (Å²) in [5, 5.41) is 8.74. The van der Waals surface area contributed by atoms with Crippen LogP contribution in [0.4, 0.5) is 5.69 Å². The van der Waals surface area contributed by atoms with Crippen molar-refractivity contribution in [3.63, 3.8) is 0 Å². The third kappa shape index (κ3) is 4.19. The second-order valence-corrected chi connectivity index (χ2v) is 9.75. The van der Waals surface area contributed by atoms with Crippen molar-refractivity contribution in [1.29, 1.82) is 5.41 Å². The largest absolute Gasteiger partial charge is 0.488 e. The molecule has 2 atom stereocenters. The molecule has 162 valence electrons. The first-order valence-corrected chi connectivity index (χ1v) is 11.3. The molecule has 0 spiro atoms. The first kappa shape index (κ1) is 19.8. The van der Waals surface area contributed by atoms with E-state index in [0.29, 0.717) is 23.0 Å². The van der Waals surface area contributed by atoms with Gasteiger partial charge in [0.15, 0.2) is 0 Å². The van der Waals surface area contributed by atoms with Crippen molar-refractivity contribution < 1.29 is 4.74 Å². The van der Waals surface area contributed by atoms with Crippen LogP contribution < -0.4 is 21.3 Å². The molecule has 7 nitrogen and oxygen atoms in total. The number of rotatable bonds is 7. The minimum atomic E-state index is -0.0502. The Morgan fingerprint density at radius 1 is 1.30 bits per heavy atom. The van der Waals surface area contributed by atoms with Gasteiger partial charge in [0.25, 0.3) is 0 Å². The Bertz CT molecular complexity index is 859. The van der Waals surface area contributed by atoms with E-state index < -0.39 is 0 Å². The molecule has 2 saturated carbocycles. The van der Waals surface area contributed by atoms with Crippen LogP contribution in [-0.4, -0.2) is 59.5 Å². The van der Waals surface area contributed by atoms with E-state index in [9.17, 15) is 0 Å². The number of hydrogen-bond acceptors (Lipinski definition) is 7. The molecule has 2 aliphatic carbocycles. The zero-order chi connectivity index (χ0) is 20.9. The van der Waals surface area contributed by atoms with E-state index in [-0.39, 0.29) is 11.8 Å². The van der Waals surface area contributed by atoms with Crippen molar-refractivity contribution in [3.05, 3.63) is 35.5 Å². The fourth-order valence-electron chi connectivity index (χ4n) is 4.44. The van der Waals surface area contributed by atoms with Crippen molar-refractivity contribution in [1.82, 2.24) is 20.7 Å². The molecule has 5 rings (SSSR count). The van der Waals surface area contributed by atoms with E-state index >= 15 is 0 Å². The number of allylic oxidation sites excluding steroid dienone is 1. The van der Waals surface area contributed by atoms with Gasteiger partial charge in [0.05, 0.1) is 17.6 Å². The van der Waals surface area contributed by atoms with E-state index in [1.54, 1.807) is 0 Å². The standard InChI is InChI=1S/C23H34N6O/c1-15-13-29(10-9-28(15)14-16-3-4-16)21-12-20(26-27-21)22(25)18-11-17(5-6-19(18)24)30-23(2)7-8-23/h5-6,11-12,15-16,21,25-27H,3-4,7-10,13-14,24H2,1-2H3/t15-,21?/m1/s1. The SMILES string of the molecule is C[C@@H]1CN(C2C=C(C(=N)c3cc(OC4(C)CC4)ccc3N)NN2)CCN1CC1CC1. The highest BCUT2D eigenvalue weighted by atomic mass is 16.5. The molecular weight excluding hydrogens is 376 g/mol. The molecule has 4 aliphatic rings. The molecule has 2 heterocycles. The number of nitrogens with zero attached hydrogens (tertiary/aromatic N) is 2. The van der Waals surface area contributed by atoms with Gasteiger partial charge in [-0.25, -0.2) is 5.43 Å². The average molecular weight is 411 g/mol. The fraction of sp³-hybridized carbons (Fsp3) is 0.609. The van der Waals surface area contributed by atoms with Gasteiger partial charge in [-0.1, -0.05) is 0 Å². The summed E-state index contributed by atoms with van der Waals surface area (Å²) in [7, 11) is 0. The van der Waals surface area contributed by atoms with Crippen molar-refractivity contribution in [2.24, 2.45) is 5.92 Å². The maximum absolute atomic E-state index is 8.74. The van der Waals surface area contributed by atoms with Gasteiger partial charge in [-0.15, -0.1) is 0 Å². The summed E-state index contributed by atoms with van der Waals surface area (Å²) in [6, 6.07) is 6.20. The minimum absolute atomic E-state index is 0.0502. The lowest BCUT2D eigenvalue weighted by atomic mass is 10.0. The van der Waals surface area contributed by atoms with Crippen LogP contribution in [0.15, 0.2) is 30.0 Å². The first-order chi connectivity index (χ1) is 14.4. The molecule has 1 aromatic carbocycles. The van der Waals surface area contributed by atoms with Crippen molar-refractivity contribution >= 4 is 11.4 Å². The van der Waals surface area contributed by atoms with E-state index in [0.717, 1.165) is 49.8 Å². The first-order valence-electron chi connectivity index (χ1n) is 11.3. The average Bonchev–Trinajstić information content (AvgIpc) is 3.63. The van der Waals surface area contributed by atoms with Crippen molar-refractivity contribution in [3.8, 4) is 5.75 Å². The van der Waals surface area contributed by atoms with Crippen LogP contribution in [0.25, 0.3) is 0 Å². The number of benzene rings is 1. The Labute approximate surface area is 179 Å². The highest BCUT2D eigenvalue weighted by Gasteiger charge is 2.40. The summed E-state index contributed by atoms with van der Waals surface area (Å²) in [5.41, 5.74) is 15.2. The summed E-state index contributed by atoms with van der Waals surface area (Å²) >= 11 is 0. The van der Waals surface area contributed by atoms with Gasteiger partial charge in [0.2, 0.25) is 0 Å². The molecule has 0 bridgehead atoms. The summed E-state index contributed by atoms with van der Waals surface area (Å²) in [6.07, 6.45) is 7.18. The predicted molar refractivity (Wildman–Crippen MR) is 119 cm³/mol. The zero-order valence-electron chi connectivity index (χ0n) is 18.1. The molecule has 5 N–H and O–H groups in total. The number of nitrogens with two attached hydrogens (primary N) is 1. The Morgan fingerprint density at radius 2 is 2.10 bits per heavy atom. The minimum Gasteiger partial charge on any atom is -0.488 e. The summed E-state index contributed by atoms with van der Waals surface area (Å²) in [4.78, 5) is 5.09. The Kier molecular flexibility index (Phi) is 5.00. The van der Waals surface area contributed by atoms with Crippen LogP contribution in [0.5, 0.6) is 5.75 Å². The number of nitrogen functional groups attached to an aromatic ring is 1. The molecule has 1 saturated heterocycles. The zero-order valence-corrected chi connectivity index (χ0v) is 18.1. The summed E-state index contributed by atoms with van der Waals surface area (Å²) in [5.74, 6) is 1.72. The molecule has 1 unspecified atom stereocenters. The van der Waals surface area contributed by atoms with Gasteiger partial charge in [0.1, 0.15) is 11.4 Å². The number of piperazine rings is 1. The van der Waals surface area contributed by atoms with Gasteiger partial charge in [-0.3, -0.25) is 15.2 Å². The molecule has 30 heavy (non-hydrogen) atoms. The lowest BCUT2D eigenvalue weighted by molar-refractivity contribution is 0.0561. The highest BCUT2D eigenvalue weighted by molar-refractivity contribution is 6.13. The molecule has 3 fully saturated rings. The Balaban J connectivity index is 1.25. The summed E-state index contributed by atoms with van der Waals surface area (Å²) in [6.45, 7) is 8.89. The smallest absolute Gasteiger partial charge is 0.120 e. The van der Waals surface area contributed by atoms with E-state index in [4.69, 9.17) is 15.9 Å². The third-order valence-electron chi connectivity index (χ3n) is 6.94. The van der Waals surface area contributed by atoms with E-state index in [2.05, 4.69) is 40.6 Å².